The van der Waals surface area contributed by atoms with Gasteiger partial charge in [0.2, 0.25) is 5.89 Å². The normalized spacial score (nSPS) is 14.0. The van der Waals surface area contributed by atoms with Crippen LogP contribution >= 0.6 is 11.8 Å². The van der Waals surface area contributed by atoms with Crippen molar-refractivity contribution in [3.63, 3.8) is 0 Å². The molecule has 2 rings (SSSR count). The monoisotopic (exact) mass is 306 g/mol. The highest BCUT2D eigenvalue weighted by atomic mass is 32.2. The minimum atomic E-state index is -0.471. The van der Waals surface area contributed by atoms with Gasteiger partial charge in [0.1, 0.15) is 0 Å². The smallest absolute Gasteiger partial charge is 0.239 e. The molecule has 0 saturated carbocycles. The zero-order chi connectivity index (χ0) is 15.1. The lowest BCUT2D eigenvalue weighted by Crippen LogP contribution is -2.02. The molecule has 2 aromatic rings. The molecule has 1 aromatic heterocycles. The molecule has 2 atom stereocenters. The summed E-state index contributed by atoms with van der Waals surface area (Å²) >= 11 is 1.62. The van der Waals surface area contributed by atoms with E-state index >= 15 is 0 Å². The molecule has 0 aliphatic carbocycles. The predicted molar refractivity (Wildman–Crippen MR) is 85.2 cm³/mol. The first-order valence-corrected chi connectivity index (χ1v) is 8.42. The van der Waals surface area contributed by atoms with Gasteiger partial charge in [-0.25, -0.2) is 0 Å². The lowest BCUT2D eigenvalue weighted by Gasteiger charge is -2.12. The number of unbranched alkanes of at least 4 members (excludes halogenated alkanes) is 1. The second kappa shape index (κ2) is 8.20. The van der Waals surface area contributed by atoms with Gasteiger partial charge in [-0.1, -0.05) is 48.8 Å². The molecule has 114 valence electrons. The number of aliphatic hydroxyl groups excluding tert-OH is 1. The summed E-state index contributed by atoms with van der Waals surface area (Å²) in [6.07, 6.45) is 2.59. The molecule has 5 heteroatoms. The summed E-state index contributed by atoms with van der Waals surface area (Å²) in [4.78, 5) is 4.42. The van der Waals surface area contributed by atoms with Crippen molar-refractivity contribution in [3.05, 3.63) is 47.6 Å². The second-order valence-electron chi connectivity index (χ2n) is 5.05. The average molecular weight is 306 g/mol. The van der Waals surface area contributed by atoms with Crippen molar-refractivity contribution in [1.29, 1.82) is 0 Å². The third-order valence-corrected chi connectivity index (χ3v) is 4.48. The van der Waals surface area contributed by atoms with Crippen molar-refractivity contribution in [2.45, 2.75) is 44.5 Å². The fourth-order valence-corrected chi connectivity index (χ4v) is 2.85. The second-order valence-corrected chi connectivity index (χ2v) is 6.43. The topological polar surface area (TPSA) is 59.2 Å². The molecule has 0 aliphatic rings. The molecule has 1 heterocycles. The molecule has 4 nitrogen and oxygen atoms in total. The van der Waals surface area contributed by atoms with Gasteiger partial charge in [-0.05, 0) is 18.9 Å². The Labute approximate surface area is 130 Å². The number of aliphatic hydroxyl groups is 1. The van der Waals surface area contributed by atoms with Gasteiger partial charge in [-0.2, -0.15) is 4.98 Å². The quantitative estimate of drug-likeness (QED) is 0.800. The first-order valence-electron chi connectivity index (χ1n) is 7.37. The van der Waals surface area contributed by atoms with E-state index in [-0.39, 0.29) is 5.25 Å². The molecule has 0 fully saturated rings. The van der Waals surface area contributed by atoms with E-state index in [1.165, 1.54) is 0 Å². The number of aromatic nitrogens is 2. The molecule has 0 amide bonds. The number of thioether (sulfide) groups is 1. The number of hydrogen-bond acceptors (Lipinski definition) is 5. The van der Waals surface area contributed by atoms with E-state index in [4.69, 9.17) is 4.52 Å². The van der Waals surface area contributed by atoms with Gasteiger partial charge in [-0.15, -0.1) is 11.8 Å². The third kappa shape index (κ3) is 4.86. The molecule has 2 unspecified atom stereocenters. The standard InChI is InChI=1S/C16H22N2O2S/c1-3-4-10-15-17-16(20-18-15)12(2)21-11-14(19)13-8-6-5-7-9-13/h5-9,12,14,19H,3-4,10-11H2,1-2H3. The number of benzene rings is 1. The molecule has 0 bridgehead atoms. The van der Waals surface area contributed by atoms with Crippen molar-refractivity contribution < 1.29 is 9.63 Å². The lowest BCUT2D eigenvalue weighted by atomic mass is 10.1. The van der Waals surface area contributed by atoms with Crippen LogP contribution in [0.2, 0.25) is 0 Å². The third-order valence-electron chi connectivity index (χ3n) is 3.27. The van der Waals surface area contributed by atoms with Gasteiger partial charge in [0.25, 0.3) is 0 Å². The zero-order valence-corrected chi connectivity index (χ0v) is 13.3. The summed E-state index contributed by atoms with van der Waals surface area (Å²) in [7, 11) is 0. The predicted octanol–water partition coefficient (Wildman–Crippen LogP) is 3.94. The van der Waals surface area contributed by atoms with Crippen molar-refractivity contribution in [2.24, 2.45) is 0 Å². The molecule has 0 saturated heterocycles. The van der Waals surface area contributed by atoms with Crippen LogP contribution < -0.4 is 0 Å². The summed E-state index contributed by atoms with van der Waals surface area (Å²) in [6, 6.07) is 9.69. The molecule has 0 spiro atoms. The summed E-state index contributed by atoms with van der Waals surface area (Å²) in [5, 5.41) is 14.2. The summed E-state index contributed by atoms with van der Waals surface area (Å²) < 4.78 is 5.30. The summed E-state index contributed by atoms with van der Waals surface area (Å²) in [6.45, 7) is 4.17. The van der Waals surface area contributed by atoms with Crippen LogP contribution in [-0.4, -0.2) is 21.0 Å². The van der Waals surface area contributed by atoms with Crippen molar-refractivity contribution in [1.82, 2.24) is 10.1 Å². The van der Waals surface area contributed by atoms with Gasteiger partial charge in [0.15, 0.2) is 5.82 Å². The van der Waals surface area contributed by atoms with Gasteiger partial charge in [0, 0.05) is 12.2 Å². The van der Waals surface area contributed by atoms with E-state index in [1.807, 2.05) is 37.3 Å². The Balaban J connectivity index is 1.84. The fraction of sp³-hybridized carbons (Fsp3) is 0.500. The molecule has 0 aliphatic heterocycles. The molecular weight excluding hydrogens is 284 g/mol. The number of nitrogens with zero attached hydrogens (tertiary/aromatic N) is 2. The van der Waals surface area contributed by atoms with Crippen LogP contribution in [0.3, 0.4) is 0 Å². The maximum absolute atomic E-state index is 10.2. The molecule has 0 radical (unpaired) electrons. The number of rotatable bonds is 8. The summed E-state index contributed by atoms with van der Waals surface area (Å²) in [5.74, 6) is 2.03. The Hall–Kier alpha value is -1.33. The molecule has 1 N–H and O–H groups in total. The highest BCUT2D eigenvalue weighted by Crippen LogP contribution is 2.30. The van der Waals surface area contributed by atoms with E-state index < -0.39 is 6.10 Å². The molecule has 21 heavy (non-hydrogen) atoms. The largest absolute Gasteiger partial charge is 0.388 e. The Bertz CT molecular complexity index is 530. The number of hydrogen-bond donors (Lipinski definition) is 1. The van der Waals surface area contributed by atoms with E-state index in [2.05, 4.69) is 17.1 Å². The molecule has 1 aromatic carbocycles. The molecular formula is C16H22N2O2S. The maximum Gasteiger partial charge on any atom is 0.239 e. The van der Waals surface area contributed by atoms with Gasteiger partial charge in [0.05, 0.1) is 11.4 Å². The van der Waals surface area contributed by atoms with E-state index in [9.17, 15) is 5.11 Å². The Morgan fingerprint density at radius 3 is 2.76 bits per heavy atom. The fourth-order valence-electron chi connectivity index (χ4n) is 1.95. The van der Waals surface area contributed by atoms with E-state index in [1.54, 1.807) is 11.8 Å². The van der Waals surface area contributed by atoms with Gasteiger partial charge in [-0.3, -0.25) is 0 Å². The van der Waals surface area contributed by atoms with Crippen LogP contribution in [0, 0.1) is 0 Å². The Morgan fingerprint density at radius 2 is 2.05 bits per heavy atom. The van der Waals surface area contributed by atoms with Crippen LogP contribution in [0.4, 0.5) is 0 Å². The zero-order valence-electron chi connectivity index (χ0n) is 12.5. The first-order chi connectivity index (χ1) is 10.2. The van der Waals surface area contributed by atoms with Crippen molar-refractivity contribution in [2.75, 3.05) is 5.75 Å². The van der Waals surface area contributed by atoms with Gasteiger partial charge < -0.3 is 9.63 Å². The number of aryl methyl sites for hydroxylation is 1. The van der Waals surface area contributed by atoms with Gasteiger partial charge >= 0.3 is 0 Å². The first kappa shape index (κ1) is 16.0. The van der Waals surface area contributed by atoms with Crippen molar-refractivity contribution >= 4 is 11.8 Å². The minimum Gasteiger partial charge on any atom is -0.388 e. The lowest BCUT2D eigenvalue weighted by molar-refractivity contribution is 0.204. The van der Waals surface area contributed by atoms with Crippen LogP contribution in [0.15, 0.2) is 34.9 Å². The van der Waals surface area contributed by atoms with Crippen LogP contribution in [0.5, 0.6) is 0 Å². The van der Waals surface area contributed by atoms with Crippen LogP contribution in [0.1, 0.15) is 55.3 Å². The Kier molecular flexibility index (Phi) is 6.26. The average Bonchev–Trinajstić information content (AvgIpc) is 3.00. The summed E-state index contributed by atoms with van der Waals surface area (Å²) in [5.41, 5.74) is 0.936. The van der Waals surface area contributed by atoms with E-state index in [0.717, 1.165) is 30.7 Å². The highest BCUT2D eigenvalue weighted by molar-refractivity contribution is 7.99. The Morgan fingerprint density at radius 1 is 1.29 bits per heavy atom. The SMILES string of the molecule is CCCCc1noc(C(C)SCC(O)c2ccccc2)n1. The minimum absolute atomic E-state index is 0.0891. The highest BCUT2D eigenvalue weighted by Gasteiger charge is 2.17. The van der Waals surface area contributed by atoms with Crippen LogP contribution in [-0.2, 0) is 6.42 Å². The van der Waals surface area contributed by atoms with E-state index in [0.29, 0.717) is 11.6 Å². The maximum atomic E-state index is 10.2. The van der Waals surface area contributed by atoms with Crippen LogP contribution in [0.25, 0.3) is 0 Å². The van der Waals surface area contributed by atoms with Crippen molar-refractivity contribution in [3.8, 4) is 0 Å².